The Bertz CT molecular complexity index is 499. The largest absolute Gasteiger partial charge is 0.507 e. The number of phenolic OH excluding ortho intramolecular Hbond substituents is 1. The lowest BCUT2D eigenvalue weighted by molar-refractivity contribution is 0.462. The molecule has 0 aliphatic rings. The Balaban J connectivity index is 1.96. The lowest BCUT2D eigenvalue weighted by atomic mass is 10.3. The summed E-state index contributed by atoms with van der Waals surface area (Å²) in [4.78, 5) is 5.21. The van der Waals surface area contributed by atoms with Crippen LogP contribution in [-0.2, 0) is 5.75 Å². The van der Waals surface area contributed by atoms with E-state index in [0.717, 1.165) is 28.6 Å². The van der Waals surface area contributed by atoms with Crippen LogP contribution in [0.3, 0.4) is 0 Å². The van der Waals surface area contributed by atoms with Gasteiger partial charge in [0.05, 0.1) is 0 Å². The summed E-state index contributed by atoms with van der Waals surface area (Å²) in [6.07, 6.45) is 1.87. The topological polar surface area (TPSA) is 45.1 Å². The zero-order chi connectivity index (χ0) is 12.8. The number of hydrogen-bond acceptors (Lipinski definition) is 4. The van der Waals surface area contributed by atoms with E-state index in [0.29, 0.717) is 5.75 Å². The third kappa shape index (κ3) is 3.40. The molecule has 0 spiro atoms. The Labute approximate surface area is 111 Å². The van der Waals surface area contributed by atoms with Crippen LogP contribution in [0.1, 0.15) is 12.5 Å². The highest BCUT2D eigenvalue weighted by atomic mass is 32.2. The number of anilines is 1. The van der Waals surface area contributed by atoms with E-state index in [1.165, 1.54) is 0 Å². The highest BCUT2D eigenvalue weighted by Gasteiger charge is 2.01. The molecule has 0 fully saturated rings. The molecule has 3 nitrogen and oxygen atoms in total. The summed E-state index contributed by atoms with van der Waals surface area (Å²) < 4.78 is 0. The fourth-order valence-corrected chi connectivity index (χ4v) is 2.42. The molecule has 0 bridgehead atoms. The standard InChI is InChI=1S/C14H16N2OS/c1-2-15-14-8-7-11(9-16-14)10-18-13-6-4-3-5-12(13)17/h3-9,17H,2,10H2,1H3,(H,15,16). The molecule has 1 heterocycles. The van der Waals surface area contributed by atoms with Crippen LogP contribution in [0.4, 0.5) is 5.82 Å². The maximum Gasteiger partial charge on any atom is 0.129 e. The average Bonchev–Trinajstić information content (AvgIpc) is 2.40. The zero-order valence-corrected chi connectivity index (χ0v) is 11.1. The molecule has 94 valence electrons. The van der Waals surface area contributed by atoms with Gasteiger partial charge in [-0.2, -0.15) is 0 Å². The van der Waals surface area contributed by atoms with Crippen molar-refractivity contribution >= 4 is 17.6 Å². The first-order valence-corrected chi connectivity index (χ1v) is 6.87. The molecule has 2 rings (SSSR count). The number of hydrogen-bond donors (Lipinski definition) is 2. The van der Waals surface area contributed by atoms with Gasteiger partial charge in [0.1, 0.15) is 11.6 Å². The number of aromatic hydroxyl groups is 1. The van der Waals surface area contributed by atoms with Crippen LogP contribution in [0, 0.1) is 0 Å². The number of nitrogens with one attached hydrogen (secondary N) is 1. The molecule has 0 saturated carbocycles. The molecule has 0 radical (unpaired) electrons. The van der Waals surface area contributed by atoms with Crippen LogP contribution in [0.15, 0.2) is 47.5 Å². The van der Waals surface area contributed by atoms with Gasteiger partial charge in [0.25, 0.3) is 0 Å². The molecule has 0 aliphatic heterocycles. The summed E-state index contributed by atoms with van der Waals surface area (Å²) in [6, 6.07) is 11.4. The van der Waals surface area contributed by atoms with Crippen molar-refractivity contribution in [3.63, 3.8) is 0 Å². The van der Waals surface area contributed by atoms with Crippen LogP contribution in [0.25, 0.3) is 0 Å². The van der Waals surface area contributed by atoms with E-state index >= 15 is 0 Å². The van der Waals surface area contributed by atoms with Gasteiger partial charge in [0, 0.05) is 23.4 Å². The highest BCUT2D eigenvalue weighted by molar-refractivity contribution is 7.98. The van der Waals surface area contributed by atoms with Crippen molar-refractivity contribution in [2.45, 2.75) is 17.6 Å². The lowest BCUT2D eigenvalue weighted by Gasteiger charge is -2.05. The van der Waals surface area contributed by atoms with E-state index in [9.17, 15) is 5.11 Å². The second-order valence-electron chi connectivity index (χ2n) is 3.84. The van der Waals surface area contributed by atoms with Gasteiger partial charge in [-0.25, -0.2) is 4.98 Å². The fraction of sp³-hybridized carbons (Fsp3) is 0.214. The van der Waals surface area contributed by atoms with Gasteiger partial charge in [-0.15, -0.1) is 11.8 Å². The SMILES string of the molecule is CCNc1ccc(CSc2ccccc2O)cn1. The van der Waals surface area contributed by atoms with Gasteiger partial charge in [0.2, 0.25) is 0 Å². The number of thioether (sulfide) groups is 1. The number of rotatable bonds is 5. The lowest BCUT2D eigenvalue weighted by Crippen LogP contribution is -1.98. The van der Waals surface area contributed by atoms with Crippen molar-refractivity contribution < 1.29 is 5.11 Å². The van der Waals surface area contributed by atoms with Crippen molar-refractivity contribution in [2.24, 2.45) is 0 Å². The summed E-state index contributed by atoms with van der Waals surface area (Å²) in [7, 11) is 0. The molecule has 1 aromatic carbocycles. The second-order valence-corrected chi connectivity index (χ2v) is 4.86. The number of aromatic nitrogens is 1. The number of phenols is 1. The number of benzene rings is 1. The Hall–Kier alpha value is -1.68. The van der Waals surface area contributed by atoms with Crippen molar-refractivity contribution in [1.29, 1.82) is 0 Å². The van der Waals surface area contributed by atoms with Gasteiger partial charge < -0.3 is 10.4 Å². The van der Waals surface area contributed by atoms with Gasteiger partial charge in [-0.05, 0) is 30.7 Å². The Morgan fingerprint density at radius 1 is 1.22 bits per heavy atom. The molecule has 2 aromatic rings. The molecule has 0 atom stereocenters. The number of pyridine rings is 1. The molecule has 2 N–H and O–H groups in total. The van der Waals surface area contributed by atoms with E-state index in [1.54, 1.807) is 17.8 Å². The van der Waals surface area contributed by atoms with Crippen LogP contribution < -0.4 is 5.32 Å². The fourth-order valence-electron chi connectivity index (χ4n) is 1.54. The van der Waals surface area contributed by atoms with Gasteiger partial charge >= 0.3 is 0 Å². The summed E-state index contributed by atoms with van der Waals surface area (Å²) in [5.74, 6) is 2.03. The summed E-state index contributed by atoms with van der Waals surface area (Å²) in [5, 5.41) is 12.8. The minimum absolute atomic E-state index is 0.333. The van der Waals surface area contributed by atoms with Gasteiger partial charge in [-0.3, -0.25) is 0 Å². The summed E-state index contributed by atoms with van der Waals surface area (Å²) in [6.45, 7) is 2.92. The summed E-state index contributed by atoms with van der Waals surface area (Å²) >= 11 is 1.61. The van der Waals surface area contributed by atoms with Crippen LogP contribution in [0.5, 0.6) is 5.75 Å². The minimum atomic E-state index is 0.333. The highest BCUT2D eigenvalue weighted by Crippen LogP contribution is 2.30. The maximum atomic E-state index is 9.66. The molecule has 0 unspecified atom stereocenters. The molecule has 18 heavy (non-hydrogen) atoms. The van der Waals surface area contributed by atoms with Crippen LogP contribution >= 0.6 is 11.8 Å². The predicted molar refractivity (Wildman–Crippen MR) is 76.1 cm³/mol. The van der Waals surface area contributed by atoms with Gasteiger partial charge in [-0.1, -0.05) is 18.2 Å². The van der Waals surface area contributed by atoms with Crippen molar-refractivity contribution in [1.82, 2.24) is 4.98 Å². The molecule has 0 amide bonds. The maximum absolute atomic E-state index is 9.66. The average molecular weight is 260 g/mol. The van der Waals surface area contributed by atoms with Crippen molar-refractivity contribution in [2.75, 3.05) is 11.9 Å². The molecule has 4 heteroatoms. The molecular weight excluding hydrogens is 244 g/mol. The summed E-state index contributed by atoms with van der Waals surface area (Å²) in [5.41, 5.74) is 1.14. The smallest absolute Gasteiger partial charge is 0.129 e. The van der Waals surface area contributed by atoms with Crippen LogP contribution in [0.2, 0.25) is 0 Å². The first-order valence-electron chi connectivity index (χ1n) is 5.89. The normalized spacial score (nSPS) is 10.3. The Kier molecular flexibility index (Phi) is 4.47. The number of para-hydroxylation sites is 1. The second kappa shape index (κ2) is 6.31. The minimum Gasteiger partial charge on any atom is -0.507 e. The third-order valence-corrected chi connectivity index (χ3v) is 3.58. The van der Waals surface area contributed by atoms with Gasteiger partial charge in [0.15, 0.2) is 0 Å². The van der Waals surface area contributed by atoms with Crippen molar-refractivity contribution in [3.05, 3.63) is 48.2 Å². The zero-order valence-electron chi connectivity index (χ0n) is 10.3. The van der Waals surface area contributed by atoms with E-state index in [4.69, 9.17) is 0 Å². The van der Waals surface area contributed by atoms with E-state index < -0.39 is 0 Å². The molecule has 0 saturated heterocycles. The Morgan fingerprint density at radius 3 is 2.72 bits per heavy atom. The third-order valence-electron chi connectivity index (χ3n) is 2.44. The molecular formula is C14H16N2OS. The molecule has 0 aliphatic carbocycles. The number of nitrogens with zero attached hydrogens (tertiary/aromatic N) is 1. The van der Waals surface area contributed by atoms with E-state index in [1.807, 2.05) is 37.4 Å². The monoisotopic (exact) mass is 260 g/mol. The quantitative estimate of drug-likeness (QED) is 0.807. The van der Waals surface area contributed by atoms with Crippen LogP contribution in [-0.4, -0.2) is 16.6 Å². The van der Waals surface area contributed by atoms with Crippen molar-refractivity contribution in [3.8, 4) is 5.75 Å². The predicted octanol–water partition coefficient (Wildman–Crippen LogP) is 3.51. The first kappa shape index (κ1) is 12.8. The van der Waals surface area contributed by atoms with E-state index in [2.05, 4.69) is 16.4 Å². The Morgan fingerprint density at radius 2 is 2.06 bits per heavy atom. The first-order chi connectivity index (χ1) is 8.79. The molecule has 1 aromatic heterocycles. The van der Waals surface area contributed by atoms with E-state index in [-0.39, 0.29) is 0 Å².